The molecule has 0 spiro atoms. The van der Waals surface area contributed by atoms with Crippen molar-refractivity contribution in [1.29, 1.82) is 21.0 Å². The summed E-state index contributed by atoms with van der Waals surface area (Å²) in [6, 6.07) is 28.7. The highest BCUT2D eigenvalue weighted by atomic mass is 14.4. The SMILES string of the molecule is Cc1cc(C(C#N)c2ccccc2)c(C#N)c(C(C#N)c2ccccc2C#N)c1. The minimum atomic E-state index is -0.783. The maximum absolute atomic E-state index is 9.97. The van der Waals surface area contributed by atoms with Crippen molar-refractivity contribution in [2.45, 2.75) is 18.8 Å². The van der Waals surface area contributed by atoms with Gasteiger partial charge < -0.3 is 0 Å². The minimum Gasteiger partial charge on any atom is -0.197 e. The van der Waals surface area contributed by atoms with Crippen molar-refractivity contribution in [3.05, 3.63) is 106 Å². The first-order chi connectivity index (χ1) is 14.1. The van der Waals surface area contributed by atoms with Gasteiger partial charge in [0.1, 0.15) is 0 Å². The van der Waals surface area contributed by atoms with Gasteiger partial charge in [0.15, 0.2) is 0 Å². The Hall–Kier alpha value is -4.38. The number of aryl methyl sites for hydroxylation is 1. The van der Waals surface area contributed by atoms with Crippen molar-refractivity contribution in [3.63, 3.8) is 0 Å². The molecule has 4 heteroatoms. The summed E-state index contributed by atoms with van der Waals surface area (Å²) in [4.78, 5) is 0. The molecule has 0 saturated carbocycles. The fourth-order valence-electron chi connectivity index (χ4n) is 3.55. The van der Waals surface area contributed by atoms with Crippen molar-refractivity contribution in [2.75, 3.05) is 0 Å². The molecule has 0 fully saturated rings. The van der Waals surface area contributed by atoms with E-state index in [1.165, 1.54) is 0 Å². The molecule has 3 aromatic rings. The van der Waals surface area contributed by atoms with Gasteiger partial charge in [0.25, 0.3) is 0 Å². The van der Waals surface area contributed by atoms with Crippen LogP contribution in [-0.4, -0.2) is 0 Å². The second-order valence-corrected chi connectivity index (χ2v) is 6.66. The molecule has 0 aliphatic rings. The molecule has 3 aromatic carbocycles. The Morgan fingerprint density at radius 3 is 1.83 bits per heavy atom. The van der Waals surface area contributed by atoms with Crippen LogP contribution < -0.4 is 0 Å². The van der Waals surface area contributed by atoms with Crippen LogP contribution in [0.5, 0.6) is 0 Å². The standard InChI is InChI=1S/C25H16N4/c1-17-11-21(23(14-27)18-7-3-2-4-8-18)25(16-29)22(12-17)24(15-28)20-10-6-5-9-19(20)13-26/h2-12,23-24H,1H3. The molecule has 29 heavy (non-hydrogen) atoms. The lowest BCUT2D eigenvalue weighted by atomic mass is 9.80. The first-order valence-corrected chi connectivity index (χ1v) is 9.02. The Balaban J connectivity index is 2.27. The van der Waals surface area contributed by atoms with Gasteiger partial charge >= 0.3 is 0 Å². The van der Waals surface area contributed by atoms with Gasteiger partial charge in [-0.25, -0.2) is 0 Å². The summed E-state index contributed by atoms with van der Waals surface area (Å²) >= 11 is 0. The van der Waals surface area contributed by atoms with Gasteiger partial charge in [0.05, 0.1) is 47.2 Å². The van der Waals surface area contributed by atoms with Gasteiger partial charge in [-0.3, -0.25) is 0 Å². The van der Waals surface area contributed by atoms with Gasteiger partial charge in [-0.05, 0) is 35.2 Å². The van der Waals surface area contributed by atoms with E-state index in [1.807, 2.05) is 43.3 Å². The molecule has 0 aliphatic carbocycles. The average molecular weight is 372 g/mol. The molecule has 0 aromatic heterocycles. The highest BCUT2D eigenvalue weighted by Crippen LogP contribution is 2.35. The highest BCUT2D eigenvalue weighted by Gasteiger charge is 2.26. The van der Waals surface area contributed by atoms with Crippen LogP contribution in [0.1, 0.15) is 50.8 Å². The van der Waals surface area contributed by atoms with Gasteiger partial charge in [0, 0.05) is 0 Å². The fraction of sp³-hybridized carbons (Fsp3) is 0.120. The largest absolute Gasteiger partial charge is 0.197 e. The molecule has 3 rings (SSSR count). The molecule has 0 amide bonds. The summed E-state index contributed by atoms with van der Waals surface area (Å²) in [5, 5.41) is 39.2. The Kier molecular flexibility index (Phi) is 5.71. The van der Waals surface area contributed by atoms with Crippen LogP contribution in [0.3, 0.4) is 0 Å². The number of hydrogen-bond acceptors (Lipinski definition) is 4. The lowest BCUT2D eigenvalue weighted by molar-refractivity contribution is 0.975. The van der Waals surface area contributed by atoms with Crippen LogP contribution in [0.25, 0.3) is 0 Å². The molecule has 0 heterocycles. The number of nitriles is 4. The third kappa shape index (κ3) is 3.70. The van der Waals surface area contributed by atoms with E-state index in [2.05, 4.69) is 24.3 Å². The van der Waals surface area contributed by atoms with E-state index in [0.717, 1.165) is 11.1 Å². The van der Waals surface area contributed by atoms with E-state index in [1.54, 1.807) is 30.3 Å². The third-order valence-electron chi connectivity index (χ3n) is 4.86. The van der Waals surface area contributed by atoms with Gasteiger partial charge in [-0.1, -0.05) is 66.2 Å². The predicted molar refractivity (Wildman–Crippen MR) is 108 cm³/mol. The Morgan fingerprint density at radius 2 is 1.24 bits per heavy atom. The summed E-state index contributed by atoms with van der Waals surface area (Å²) in [6.07, 6.45) is 0. The Bertz CT molecular complexity index is 1210. The van der Waals surface area contributed by atoms with E-state index in [9.17, 15) is 21.0 Å². The topological polar surface area (TPSA) is 95.2 Å². The molecule has 4 nitrogen and oxygen atoms in total. The van der Waals surface area contributed by atoms with Crippen LogP contribution in [0, 0.1) is 52.2 Å². The first kappa shape index (κ1) is 19.4. The monoisotopic (exact) mass is 372 g/mol. The number of rotatable bonds is 4. The predicted octanol–water partition coefficient (Wildman–Crippen LogP) is 5.05. The quantitative estimate of drug-likeness (QED) is 0.640. The van der Waals surface area contributed by atoms with Crippen molar-refractivity contribution in [3.8, 4) is 24.3 Å². The molecular formula is C25H16N4. The summed E-state index contributed by atoms with van der Waals surface area (Å²) in [5.74, 6) is -1.41. The minimum absolute atomic E-state index is 0.310. The van der Waals surface area contributed by atoms with Gasteiger partial charge in [-0.2, -0.15) is 21.0 Å². The van der Waals surface area contributed by atoms with E-state index < -0.39 is 11.8 Å². The summed E-state index contributed by atoms with van der Waals surface area (Å²) in [6.45, 7) is 1.87. The molecule has 0 N–H and O–H groups in total. The van der Waals surface area contributed by atoms with Crippen LogP contribution in [0.15, 0.2) is 66.7 Å². The smallest absolute Gasteiger partial charge is 0.0998 e. The van der Waals surface area contributed by atoms with Crippen LogP contribution in [0.2, 0.25) is 0 Å². The number of nitrogens with zero attached hydrogens (tertiary/aromatic N) is 4. The molecule has 2 unspecified atom stereocenters. The lowest BCUT2D eigenvalue weighted by Crippen LogP contribution is -2.09. The van der Waals surface area contributed by atoms with Gasteiger partial charge in [-0.15, -0.1) is 0 Å². The molecule has 0 saturated heterocycles. The first-order valence-electron chi connectivity index (χ1n) is 9.02. The van der Waals surface area contributed by atoms with Crippen LogP contribution in [0.4, 0.5) is 0 Å². The average Bonchev–Trinajstić information content (AvgIpc) is 2.76. The summed E-state index contributed by atoms with van der Waals surface area (Å²) < 4.78 is 0. The van der Waals surface area contributed by atoms with Crippen molar-refractivity contribution >= 4 is 0 Å². The van der Waals surface area contributed by atoms with Crippen molar-refractivity contribution in [1.82, 2.24) is 0 Å². The highest BCUT2D eigenvalue weighted by molar-refractivity contribution is 5.58. The van der Waals surface area contributed by atoms with Gasteiger partial charge in [0.2, 0.25) is 0 Å². The zero-order valence-corrected chi connectivity index (χ0v) is 15.8. The molecular weight excluding hydrogens is 356 g/mol. The second kappa shape index (κ2) is 8.54. The Labute approximate surface area is 170 Å². The van der Waals surface area contributed by atoms with E-state index in [0.29, 0.717) is 27.8 Å². The number of hydrogen-bond donors (Lipinski definition) is 0. The molecule has 0 radical (unpaired) electrons. The van der Waals surface area contributed by atoms with Crippen LogP contribution >= 0.6 is 0 Å². The lowest BCUT2D eigenvalue weighted by Gasteiger charge is -2.19. The van der Waals surface area contributed by atoms with E-state index >= 15 is 0 Å². The maximum atomic E-state index is 9.97. The second-order valence-electron chi connectivity index (χ2n) is 6.66. The summed E-state index contributed by atoms with van der Waals surface area (Å²) in [5.41, 5.74) is 3.98. The molecule has 136 valence electrons. The zero-order chi connectivity index (χ0) is 20.8. The molecule has 0 bridgehead atoms. The third-order valence-corrected chi connectivity index (χ3v) is 4.86. The fourth-order valence-corrected chi connectivity index (χ4v) is 3.55. The van der Waals surface area contributed by atoms with Crippen molar-refractivity contribution < 1.29 is 0 Å². The maximum Gasteiger partial charge on any atom is 0.0998 e. The zero-order valence-electron chi connectivity index (χ0n) is 15.8. The van der Waals surface area contributed by atoms with Crippen LogP contribution in [-0.2, 0) is 0 Å². The van der Waals surface area contributed by atoms with E-state index in [-0.39, 0.29) is 0 Å². The summed E-state index contributed by atoms with van der Waals surface area (Å²) in [7, 11) is 0. The molecule has 2 atom stereocenters. The number of benzene rings is 3. The van der Waals surface area contributed by atoms with E-state index in [4.69, 9.17) is 0 Å². The normalized spacial score (nSPS) is 11.9. The Morgan fingerprint density at radius 1 is 0.655 bits per heavy atom. The molecule has 0 aliphatic heterocycles. The van der Waals surface area contributed by atoms with Crippen molar-refractivity contribution in [2.24, 2.45) is 0 Å².